The minimum absolute atomic E-state index is 0.0141. The van der Waals surface area contributed by atoms with Gasteiger partial charge in [0.2, 0.25) is 0 Å². The molecule has 7 atom stereocenters. The highest BCUT2D eigenvalue weighted by molar-refractivity contribution is 5.95. The van der Waals surface area contributed by atoms with E-state index in [4.69, 9.17) is 4.74 Å². The van der Waals surface area contributed by atoms with Crippen LogP contribution in [0.3, 0.4) is 0 Å². The molecule has 148 valence electrons. The van der Waals surface area contributed by atoms with E-state index in [1.165, 1.54) is 12.5 Å². The van der Waals surface area contributed by atoms with Crippen molar-refractivity contribution in [2.24, 2.45) is 28.6 Å². The second-order valence-corrected chi connectivity index (χ2v) is 9.68. The van der Waals surface area contributed by atoms with E-state index in [0.717, 1.165) is 31.3 Å². The summed E-state index contributed by atoms with van der Waals surface area (Å²) in [6, 6.07) is 0. The smallest absolute Gasteiger partial charge is 0.302 e. The van der Waals surface area contributed by atoms with Gasteiger partial charge in [-0.3, -0.25) is 9.59 Å². The van der Waals surface area contributed by atoms with Crippen molar-refractivity contribution in [1.82, 2.24) is 0 Å². The molecule has 0 heterocycles. The molecule has 2 fully saturated rings. The van der Waals surface area contributed by atoms with Crippen LogP contribution in [0.25, 0.3) is 0 Å². The maximum Gasteiger partial charge on any atom is 0.302 e. The number of ketones is 1. The Hall–Kier alpha value is -1.42. The summed E-state index contributed by atoms with van der Waals surface area (Å²) in [5.41, 5.74) is 2.09. The molecule has 0 aromatic rings. The predicted octanol–water partition coefficient (Wildman–Crippen LogP) is 3.98. The van der Waals surface area contributed by atoms with Gasteiger partial charge in [0, 0.05) is 18.8 Å². The van der Waals surface area contributed by atoms with E-state index in [0.29, 0.717) is 30.6 Å². The molecule has 0 saturated heterocycles. The lowest BCUT2D eigenvalue weighted by molar-refractivity contribution is -0.165. The summed E-state index contributed by atoms with van der Waals surface area (Å²) in [4.78, 5) is 24.0. The molecule has 0 spiro atoms. The molecule has 4 heteroatoms. The van der Waals surface area contributed by atoms with Crippen LogP contribution in [0, 0.1) is 28.6 Å². The van der Waals surface area contributed by atoms with Gasteiger partial charge in [-0.15, -0.1) is 0 Å². The molecule has 4 rings (SSSR count). The lowest BCUT2D eigenvalue weighted by atomic mass is 9.46. The maximum absolute atomic E-state index is 12.2. The van der Waals surface area contributed by atoms with Gasteiger partial charge in [0.15, 0.2) is 5.78 Å². The fraction of sp³-hybridized carbons (Fsp3) is 0.739. The first-order valence-electron chi connectivity index (χ1n) is 10.4. The van der Waals surface area contributed by atoms with Gasteiger partial charge in [0.25, 0.3) is 0 Å². The Morgan fingerprint density at radius 1 is 1.15 bits per heavy atom. The quantitative estimate of drug-likeness (QED) is 0.588. The van der Waals surface area contributed by atoms with Crippen molar-refractivity contribution in [3.05, 3.63) is 23.3 Å². The zero-order valence-corrected chi connectivity index (χ0v) is 17.0. The van der Waals surface area contributed by atoms with Crippen LogP contribution >= 0.6 is 0 Å². The van der Waals surface area contributed by atoms with Crippen LogP contribution in [0.5, 0.6) is 0 Å². The van der Waals surface area contributed by atoms with Crippen molar-refractivity contribution >= 4 is 11.8 Å². The molecular formula is C23H32O4. The van der Waals surface area contributed by atoms with Gasteiger partial charge in [-0.1, -0.05) is 31.6 Å². The number of ether oxygens (including phenoxy) is 1. The second kappa shape index (κ2) is 6.30. The number of esters is 1. The number of aliphatic hydroxyl groups is 1. The van der Waals surface area contributed by atoms with Gasteiger partial charge < -0.3 is 9.84 Å². The topological polar surface area (TPSA) is 63.6 Å². The predicted molar refractivity (Wildman–Crippen MR) is 103 cm³/mol. The Bertz CT molecular complexity index is 735. The highest BCUT2D eigenvalue weighted by Crippen LogP contribution is 2.65. The first-order valence-corrected chi connectivity index (χ1v) is 10.4. The third kappa shape index (κ3) is 2.66. The summed E-state index contributed by atoms with van der Waals surface area (Å²) in [6.45, 7) is 7.70. The molecule has 4 aliphatic rings. The highest BCUT2D eigenvalue weighted by Gasteiger charge is 2.60. The molecule has 0 aromatic carbocycles. The maximum atomic E-state index is 12.2. The number of carbonyl (C=O) groups excluding carboxylic acids is 2. The van der Waals surface area contributed by atoms with Gasteiger partial charge >= 0.3 is 5.97 Å². The van der Waals surface area contributed by atoms with Crippen LogP contribution in [-0.4, -0.2) is 29.1 Å². The molecule has 0 aliphatic heterocycles. The fourth-order valence-electron chi connectivity index (χ4n) is 7.16. The van der Waals surface area contributed by atoms with Crippen molar-refractivity contribution in [2.75, 3.05) is 0 Å². The minimum atomic E-state index is -0.434. The summed E-state index contributed by atoms with van der Waals surface area (Å²) >= 11 is 0. The minimum Gasteiger partial charge on any atom is -0.462 e. The fourth-order valence-corrected chi connectivity index (χ4v) is 7.16. The first-order chi connectivity index (χ1) is 12.7. The number of allylic oxidation sites excluding steroid dienone is 3. The zero-order valence-electron chi connectivity index (χ0n) is 17.0. The Kier molecular flexibility index (Phi) is 4.41. The lowest BCUT2D eigenvalue weighted by Gasteiger charge is -2.59. The SMILES string of the molecule is CC(=O)OC1C[C@H](O)CC2=CC[C@H]3[C@@H]4CC=C(C(C)=O)[C@@]4(C)CC[C@@H]3[C@]21C. The largest absolute Gasteiger partial charge is 0.462 e. The summed E-state index contributed by atoms with van der Waals surface area (Å²) in [6.07, 6.45) is 9.07. The summed E-state index contributed by atoms with van der Waals surface area (Å²) in [5, 5.41) is 10.4. The van der Waals surface area contributed by atoms with Crippen LogP contribution in [-0.2, 0) is 14.3 Å². The van der Waals surface area contributed by atoms with Crippen molar-refractivity contribution in [1.29, 1.82) is 0 Å². The molecule has 0 aromatic heterocycles. The van der Waals surface area contributed by atoms with Gasteiger partial charge in [0.1, 0.15) is 6.10 Å². The Morgan fingerprint density at radius 2 is 1.89 bits per heavy atom. The summed E-state index contributed by atoms with van der Waals surface area (Å²) in [7, 11) is 0. The molecule has 1 N–H and O–H groups in total. The Balaban J connectivity index is 1.70. The third-order valence-corrected chi connectivity index (χ3v) is 8.41. The van der Waals surface area contributed by atoms with Crippen LogP contribution < -0.4 is 0 Å². The Morgan fingerprint density at radius 3 is 2.56 bits per heavy atom. The lowest BCUT2D eigenvalue weighted by Crippen LogP contribution is -2.56. The standard InChI is InChI=1S/C23H32O4/c1-13(24)18-7-8-19-17-6-5-15-11-16(26)12-21(27-14(2)25)23(15,4)20(17)9-10-22(18,19)3/h5,7,16-17,19-21,26H,6,8-12H2,1-4H3/t16-,17+,19+,20+,21?,22-,23+/m1/s1. The van der Waals surface area contributed by atoms with Crippen LogP contribution in [0.1, 0.15) is 66.2 Å². The van der Waals surface area contributed by atoms with Crippen LogP contribution in [0.4, 0.5) is 0 Å². The highest BCUT2D eigenvalue weighted by atomic mass is 16.5. The average Bonchev–Trinajstić information content (AvgIpc) is 2.93. The molecule has 4 aliphatic carbocycles. The van der Waals surface area contributed by atoms with E-state index in [9.17, 15) is 14.7 Å². The number of Topliss-reactive ketones (excluding diaryl/α,β-unsaturated/α-hetero) is 1. The normalized spacial score (nSPS) is 45.7. The van der Waals surface area contributed by atoms with Gasteiger partial charge in [-0.25, -0.2) is 0 Å². The van der Waals surface area contributed by atoms with Gasteiger partial charge in [-0.2, -0.15) is 0 Å². The summed E-state index contributed by atoms with van der Waals surface area (Å²) in [5.74, 6) is 1.37. The van der Waals surface area contributed by atoms with E-state index < -0.39 is 6.10 Å². The zero-order chi connectivity index (χ0) is 19.6. The van der Waals surface area contributed by atoms with E-state index in [-0.39, 0.29) is 28.7 Å². The van der Waals surface area contributed by atoms with Crippen molar-refractivity contribution in [3.8, 4) is 0 Å². The molecule has 1 unspecified atom stereocenters. The molecule has 0 amide bonds. The van der Waals surface area contributed by atoms with E-state index in [1.807, 2.05) is 0 Å². The molecular weight excluding hydrogens is 340 g/mol. The van der Waals surface area contributed by atoms with Crippen LogP contribution in [0.2, 0.25) is 0 Å². The molecule has 4 nitrogen and oxygen atoms in total. The van der Waals surface area contributed by atoms with Gasteiger partial charge in [0.05, 0.1) is 6.10 Å². The summed E-state index contributed by atoms with van der Waals surface area (Å²) < 4.78 is 5.77. The third-order valence-electron chi connectivity index (χ3n) is 8.41. The van der Waals surface area contributed by atoms with Crippen molar-refractivity contribution < 1.29 is 19.4 Å². The van der Waals surface area contributed by atoms with Crippen LogP contribution in [0.15, 0.2) is 23.3 Å². The van der Waals surface area contributed by atoms with E-state index in [1.54, 1.807) is 6.92 Å². The molecule has 0 radical (unpaired) electrons. The monoisotopic (exact) mass is 372 g/mol. The Labute approximate surface area is 162 Å². The number of carbonyl (C=O) groups is 2. The number of hydrogen-bond acceptors (Lipinski definition) is 4. The molecule has 0 bridgehead atoms. The van der Waals surface area contributed by atoms with E-state index in [2.05, 4.69) is 26.0 Å². The number of aliphatic hydroxyl groups excluding tert-OH is 1. The number of fused-ring (bicyclic) bond motifs is 5. The van der Waals surface area contributed by atoms with Gasteiger partial charge in [-0.05, 0) is 67.8 Å². The number of rotatable bonds is 2. The average molecular weight is 373 g/mol. The molecule has 27 heavy (non-hydrogen) atoms. The second-order valence-electron chi connectivity index (χ2n) is 9.68. The first kappa shape index (κ1) is 18.9. The van der Waals surface area contributed by atoms with Crippen molar-refractivity contribution in [3.63, 3.8) is 0 Å². The molecule has 2 saturated carbocycles. The van der Waals surface area contributed by atoms with Crippen molar-refractivity contribution in [2.45, 2.75) is 78.4 Å². The number of hydrogen-bond donors (Lipinski definition) is 1. The van der Waals surface area contributed by atoms with E-state index >= 15 is 0 Å².